The highest BCUT2D eigenvalue weighted by Gasteiger charge is 2.55. The summed E-state index contributed by atoms with van der Waals surface area (Å²) in [5.74, 6) is -1.89. The first-order chi connectivity index (χ1) is 21.8. The molecule has 242 valence electrons. The van der Waals surface area contributed by atoms with Gasteiger partial charge in [-0.2, -0.15) is 18.4 Å². The van der Waals surface area contributed by atoms with Crippen LogP contribution in [0.15, 0.2) is 43.0 Å². The van der Waals surface area contributed by atoms with E-state index in [1.54, 1.807) is 11.9 Å². The molecule has 1 aromatic carbocycles. The van der Waals surface area contributed by atoms with Crippen molar-refractivity contribution in [3.05, 3.63) is 59.8 Å². The Labute approximate surface area is 265 Å². The molecule has 0 unspecified atom stereocenters. The van der Waals surface area contributed by atoms with Crippen molar-refractivity contribution >= 4 is 34.9 Å². The molecule has 3 fully saturated rings. The molecule has 3 amide bonds. The van der Waals surface area contributed by atoms with E-state index < -0.39 is 29.6 Å². The Hall–Kier alpha value is -4.44. The number of likely N-dealkylation sites (tertiary alicyclic amines) is 2. The number of hydrogen-bond acceptors (Lipinski definition) is 7. The summed E-state index contributed by atoms with van der Waals surface area (Å²) < 4.78 is 41.2. The van der Waals surface area contributed by atoms with Gasteiger partial charge in [0.1, 0.15) is 11.9 Å². The first-order valence-corrected chi connectivity index (χ1v) is 15.3. The molecule has 0 saturated carbocycles. The molecule has 0 N–H and O–H groups in total. The maximum absolute atomic E-state index is 14.1. The molecule has 0 radical (unpaired) electrons. The zero-order chi connectivity index (χ0) is 33.1. The number of nitrogens with zero attached hydrogens (tertiary/aromatic N) is 7. The zero-order valence-electron chi connectivity index (χ0n) is 26.0. The van der Waals surface area contributed by atoms with Gasteiger partial charge in [0.25, 0.3) is 0 Å². The second kappa shape index (κ2) is 11.4. The maximum atomic E-state index is 14.1. The Morgan fingerprint density at radius 1 is 1.15 bits per heavy atom. The third-order valence-electron chi connectivity index (χ3n) is 9.94. The minimum absolute atomic E-state index is 0.0184. The molecule has 0 aliphatic carbocycles. The van der Waals surface area contributed by atoms with Crippen LogP contribution in [0, 0.1) is 42.4 Å². The van der Waals surface area contributed by atoms with E-state index >= 15 is 0 Å². The summed E-state index contributed by atoms with van der Waals surface area (Å²) in [5, 5.41) is 9.95. The number of carbonyl (C=O) groups excluding carboxylic acids is 3. The molecule has 4 aliphatic rings. The maximum Gasteiger partial charge on any atom is 0.416 e. The number of amides is 3. The predicted molar refractivity (Wildman–Crippen MR) is 165 cm³/mol. The molecule has 1 spiro atoms. The highest BCUT2D eigenvalue weighted by atomic mass is 19.4. The van der Waals surface area contributed by atoms with Crippen molar-refractivity contribution in [3.8, 4) is 6.07 Å². The SMILES string of the molecule is C=CC(=O)N1CC2(CN(CCN3C[C@H]4CC(=O)N(c5cc(C(F)(F)F)cc(C)n5)[C@@H]4C(=O)N(C)c4cccc(C)c43)C[C@H]2C#N)C1. The smallest absolute Gasteiger partial charge is 0.368 e. The number of hydrogen-bond donors (Lipinski definition) is 0. The number of halogens is 3. The summed E-state index contributed by atoms with van der Waals surface area (Å²) in [5.41, 5.74) is 1.32. The minimum atomic E-state index is -4.64. The number of likely N-dealkylation sites (N-methyl/N-ethyl adjacent to an activating group) is 1. The number of nitriles is 1. The molecule has 13 heteroatoms. The monoisotopic (exact) mass is 635 g/mol. The van der Waals surface area contributed by atoms with Crippen LogP contribution in [0.1, 0.15) is 23.2 Å². The van der Waals surface area contributed by atoms with Gasteiger partial charge in [-0.3, -0.25) is 24.2 Å². The number of benzene rings is 1. The van der Waals surface area contributed by atoms with Crippen molar-refractivity contribution < 1.29 is 27.6 Å². The second-order valence-corrected chi connectivity index (χ2v) is 13.0. The van der Waals surface area contributed by atoms with Gasteiger partial charge in [-0.05, 0) is 43.7 Å². The summed E-state index contributed by atoms with van der Waals surface area (Å²) in [6.07, 6.45) is -3.37. The lowest BCUT2D eigenvalue weighted by Gasteiger charge is -2.49. The van der Waals surface area contributed by atoms with Gasteiger partial charge in [0.15, 0.2) is 0 Å². The van der Waals surface area contributed by atoms with Crippen LogP contribution in [0.3, 0.4) is 0 Å². The van der Waals surface area contributed by atoms with E-state index in [1.165, 1.54) is 17.9 Å². The third-order valence-corrected chi connectivity index (χ3v) is 9.94. The molecule has 0 bridgehead atoms. The largest absolute Gasteiger partial charge is 0.416 e. The Kier molecular flexibility index (Phi) is 7.83. The lowest BCUT2D eigenvalue weighted by Crippen LogP contribution is -2.61. The van der Waals surface area contributed by atoms with Gasteiger partial charge in [0.2, 0.25) is 17.7 Å². The average Bonchev–Trinajstić information content (AvgIpc) is 3.53. The van der Waals surface area contributed by atoms with Gasteiger partial charge >= 0.3 is 6.18 Å². The summed E-state index contributed by atoms with van der Waals surface area (Å²) in [4.78, 5) is 52.7. The van der Waals surface area contributed by atoms with E-state index in [9.17, 15) is 32.8 Å². The first-order valence-electron chi connectivity index (χ1n) is 15.3. The molecule has 10 nitrogen and oxygen atoms in total. The van der Waals surface area contributed by atoms with E-state index in [-0.39, 0.29) is 41.1 Å². The van der Waals surface area contributed by atoms with Crippen LogP contribution in [0.4, 0.5) is 30.4 Å². The third kappa shape index (κ3) is 5.28. The summed E-state index contributed by atoms with van der Waals surface area (Å²) >= 11 is 0. The van der Waals surface area contributed by atoms with Crippen molar-refractivity contribution in [3.63, 3.8) is 0 Å². The summed E-state index contributed by atoms with van der Waals surface area (Å²) in [7, 11) is 1.63. The summed E-state index contributed by atoms with van der Waals surface area (Å²) in [6.45, 7) is 10.7. The van der Waals surface area contributed by atoms with Crippen LogP contribution < -0.4 is 14.7 Å². The van der Waals surface area contributed by atoms with E-state index in [1.807, 2.05) is 25.1 Å². The molecule has 2 aromatic rings. The van der Waals surface area contributed by atoms with E-state index in [4.69, 9.17) is 0 Å². The number of carbonyl (C=O) groups is 3. The van der Waals surface area contributed by atoms with E-state index in [2.05, 4.69) is 27.4 Å². The van der Waals surface area contributed by atoms with Crippen LogP contribution >= 0.6 is 0 Å². The van der Waals surface area contributed by atoms with Crippen LogP contribution in [-0.4, -0.2) is 91.4 Å². The van der Waals surface area contributed by atoms with Crippen molar-refractivity contribution in [2.75, 3.05) is 67.6 Å². The Bertz CT molecular complexity index is 1650. The topological polar surface area (TPSA) is 104 Å². The quantitative estimate of drug-likeness (QED) is 0.464. The number of aromatic nitrogens is 1. The Morgan fingerprint density at radius 2 is 1.89 bits per heavy atom. The molecule has 4 aliphatic heterocycles. The van der Waals surface area contributed by atoms with Gasteiger partial charge in [-0.1, -0.05) is 18.7 Å². The standard InChI is InChI=1S/C33H36F3N7O3/c1-5-27(44)42-18-32(19-42)17-40(16-24(32)14-37)9-10-41-15-22-12-28(45)43(26-13-23(33(34,35)36)11-21(3)38-26)30(22)31(46)39(4)25-8-6-7-20(2)29(25)41/h5-8,11,13,22,24,30H,1,9-10,12,15-19H2,2-4H3/t22-,24-,30+/m1/s1. The molecule has 3 atom stereocenters. The molecule has 1 aromatic heterocycles. The van der Waals surface area contributed by atoms with Crippen LogP contribution in [0.25, 0.3) is 0 Å². The molecule has 46 heavy (non-hydrogen) atoms. The van der Waals surface area contributed by atoms with Crippen LogP contribution in [-0.2, 0) is 20.6 Å². The average molecular weight is 636 g/mol. The molecular weight excluding hydrogens is 599 g/mol. The lowest BCUT2D eigenvalue weighted by molar-refractivity contribution is -0.138. The van der Waals surface area contributed by atoms with Gasteiger partial charge < -0.3 is 14.7 Å². The number of anilines is 3. The zero-order valence-corrected chi connectivity index (χ0v) is 26.0. The fraction of sp³-hybridized carbons (Fsp3) is 0.485. The second-order valence-electron chi connectivity index (χ2n) is 13.0. The van der Waals surface area contributed by atoms with E-state index in [0.29, 0.717) is 51.5 Å². The first kappa shape index (κ1) is 31.5. The lowest BCUT2D eigenvalue weighted by atomic mass is 9.72. The van der Waals surface area contributed by atoms with Gasteiger partial charge in [0.05, 0.1) is 28.9 Å². The minimum Gasteiger partial charge on any atom is -0.368 e. The van der Waals surface area contributed by atoms with Crippen molar-refractivity contribution in [2.24, 2.45) is 17.3 Å². The highest BCUT2D eigenvalue weighted by molar-refractivity contribution is 6.10. The molecule has 3 saturated heterocycles. The van der Waals surface area contributed by atoms with Crippen LogP contribution in [0.2, 0.25) is 0 Å². The predicted octanol–water partition coefficient (Wildman–Crippen LogP) is 3.39. The number of alkyl halides is 3. The molecule has 5 heterocycles. The summed E-state index contributed by atoms with van der Waals surface area (Å²) in [6, 6.07) is 8.81. The van der Waals surface area contributed by atoms with Gasteiger partial charge in [-0.15, -0.1) is 0 Å². The number of aryl methyl sites for hydroxylation is 2. The van der Waals surface area contributed by atoms with Crippen molar-refractivity contribution in [1.82, 2.24) is 14.8 Å². The highest BCUT2D eigenvalue weighted by Crippen LogP contribution is 2.45. The van der Waals surface area contributed by atoms with Crippen LogP contribution in [0.5, 0.6) is 0 Å². The van der Waals surface area contributed by atoms with Crippen molar-refractivity contribution in [1.29, 1.82) is 5.26 Å². The molecular formula is C33H36F3N7O3. The number of pyridine rings is 1. The number of rotatable bonds is 5. The normalized spacial score (nSPS) is 24.3. The number of fused-ring (bicyclic) bond motifs is 2. The number of para-hydroxylation sites is 1. The fourth-order valence-corrected chi connectivity index (χ4v) is 7.71. The molecule has 6 rings (SSSR count). The van der Waals surface area contributed by atoms with Gasteiger partial charge in [-0.25, -0.2) is 4.98 Å². The van der Waals surface area contributed by atoms with E-state index in [0.717, 1.165) is 28.3 Å². The fourth-order valence-electron chi connectivity index (χ4n) is 7.71. The van der Waals surface area contributed by atoms with Crippen molar-refractivity contribution in [2.45, 2.75) is 32.5 Å². The van der Waals surface area contributed by atoms with Gasteiger partial charge in [0, 0.05) is 76.3 Å². The Morgan fingerprint density at radius 3 is 2.57 bits per heavy atom. The Balaban J connectivity index is 1.29.